The molecular weight excluding hydrogens is 340 g/mol. The van der Waals surface area contributed by atoms with Crippen LogP contribution >= 0.6 is 0 Å². The average Bonchev–Trinajstić information content (AvgIpc) is 2.61. The van der Waals surface area contributed by atoms with Crippen LogP contribution in [0, 0.1) is 0 Å². The van der Waals surface area contributed by atoms with Crippen LogP contribution in [0.2, 0.25) is 0 Å². The summed E-state index contributed by atoms with van der Waals surface area (Å²) in [5.41, 5.74) is 1.74. The largest absolute Gasteiger partial charge is 0.494 e. The second-order valence-electron chi connectivity index (χ2n) is 6.59. The molecule has 26 heavy (non-hydrogen) atoms. The zero-order chi connectivity index (χ0) is 18.7. The summed E-state index contributed by atoms with van der Waals surface area (Å²) in [5, 5.41) is 18.4. The van der Waals surface area contributed by atoms with Crippen molar-refractivity contribution in [3.8, 4) is 5.75 Å². The number of carbonyl (C=O) groups is 3. The zero-order valence-electron chi connectivity index (χ0n) is 14.4. The third-order valence-corrected chi connectivity index (χ3v) is 4.95. The van der Waals surface area contributed by atoms with E-state index in [1.54, 1.807) is 12.1 Å². The average molecular weight is 362 g/mol. The molecule has 8 heteroatoms. The number of carboxylic acid groups (broad SMARTS) is 2. The second kappa shape index (κ2) is 7.63. The van der Waals surface area contributed by atoms with Crippen molar-refractivity contribution in [3.05, 3.63) is 29.3 Å². The first-order chi connectivity index (χ1) is 12.5. The summed E-state index contributed by atoms with van der Waals surface area (Å²) in [6.07, 6.45) is 0.580. The van der Waals surface area contributed by atoms with Gasteiger partial charge in [-0.25, -0.2) is 9.59 Å². The molecule has 1 aromatic rings. The lowest BCUT2D eigenvalue weighted by Crippen LogP contribution is -2.56. The van der Waals surface area contributed by atoms with E-state index < -0.39 is 18.2 Å². The normalized spacial score (nSPS) is 19.8. The van der Waals surface area contributed by atoms with E-state index in [-0.39, 0.29) is 32.0 Å². The lowest BCUT2D eigenvalue weighted by atomic mass is 9.90. The van der Waals surface area contributed by atoms with Gasteiger partial charge in [0, 0.05) is 38.0 Å². The molecule has 1 saturated heterocycles. The molecule has 3 rings (SSSR count). The number of ketones is 1. The number of hydrogen-bond acceptors (Lipinski definition) is 4. The highest BCUT2D eigenvalue weighted by molar-refractivity contribution is 5.98. The molecule has 1 fully saturated rings. The molecule has 0 spiro atoms. The molecule has 1 aromatic carbocycles. The first-order valence-electron chi connectivity index (χ1n) is 8.72. The molecule has 1 aliphatic heterocycles. The Hall–Kier alpha value is -2.77. The molecule has 0 saturated carbocycles. The maximum Gasteiger partial charge on any atom is 0.407 e. The number of Topliss-reactive ketones (excluding diaryl/α,β-unsaturated/α-hetero) is 1. The molecule has 0 unspecified atom stereocenters. The summed E-state index contributed by atoms with van der Waals surface area (Å²) < 4.78 is 5.74. The fourth-order valence-electron chi connectivity index (χ4n) is 3.55. The van der Waals surface area contributed by atoms with Crippen LogP contribution in [0.1, 0.15) is 35.2 Å². The van der Waals surface area contributed by atoms with Gasteiger partial charge in [-0.2, -0.15) is 0 Å². The molecule has 1 heterocycles. The highest BCUT2D eigenvalue weighted by atomic mass is 16.5. The highest BCUT2D eigenvalue weighted by Crippen LogP contribution is 2.25. The summed E-state index contributed by atoms with van der Waals surface area (Å²) in [4.78, 5) is 36.8. The number of amides is 2. The van der Waals surface area contributed by atoms with E-state index in [1.165, 1.54) is 9.80 Å². The number of fused-ring (bicyclic) bond motifs is 1. The van der Waals surface area contributed by atoms with Crippen molar-refractivity contribution >= 4 is 18.0 Å². The van der Waals surface area contributed by atoms with E-state index in [1.807, 2.05) is 6.07 Å². The van der Waals surface area contributed by atoms with Crippen LogP contribution in [-0.2, 0) is 6.42 Å². The van der Waals surface area contributed by atoms with Crippen LogP contribution in [0.5, 0.6) is 5.75 Å². The number of benzene rings is 1. The molecule has 140 valence electrons. The van der Waals surface area contributed by atoms with Crippen molar-refractivity contribution in [3.63, 3.8) is 0 Å². The molecule has 2 aliphatic rings. The van der Waals surface area contributed by atoms with E-state index in [0.29, 0.717) is 18.6 Å². The van der Waals surface area contributed by atoms with Crippen molar-refractivity contribution < 1.29 is 29.3 Å². The third-order valence-electron chi connectivity index (χ3n) is 4.95. The standard InChI is InChI=1S/C18H22N2O6/c21-16-3-1-2-12-10-14(4-5-15(12)16)26-9-6-13-11-19(17(22)23)7-8-20(13)18(24)25/h4-5,10,13H,1-3,6-9,11H2,(H,22,23)(H,24,25)/t13-/m1/s1. The van der Waals surface area contributed by atoms with E-state index in [0.717, 1.165) is 24.0 Å². The Morgan fingerprint density at radius 1 is 1.15 bits per heavy atom. The van der Waals surface area contributed by atoms with Crippen LogP contribution in [-0.4, -0.2) is 70.3 Å². The Bertz CT molecular complexity index is 720. The van der Waals surface area contributed by atoms with Crippen molar-refractivity contribution in [2.24, 2.45) is 0 Å². The third kappa shape index (κ3) is 3.89. The van der Waals surface area contributed by atoms with Crippen LogP contribution in [0.25, 0.3) is 0 Å². The van der Waals surface area contributed by atoms with Gasteiger partial charge in [-0.3, -0.25) is 4.79 Å². The molecule has 2 N–H and O–H groups in total. The number of piperazine rings is 1. The van der Waals surface area contributed by atoms with Crippen LogP contribution in [0.3, 0.4) is 0 Å². The Kier molecular flexibility index (Phi) is 5.29. The Morgan fingerprint density at radius 2 is 1.96 bits per heavy atom. The maximum absolute atomic E-state index is 11.8. The van der Waals surface area contributed by atoms with Crippen molar-refractivity contribution in [2.75, 3.05) is 26.2 Å². The van der Waals surface area contributed by atoms with Gasteiger partial charge < -0.3 is 24.7 Å². The first kappa shape index (κ1) is 18.0. The number of aryl methyl sites for hydroxylation is 1. The second-order valence-corrected chi connectivity index (χ2v) is 6.59. The zero-order valence-corrected chi connectivity index (χ0v) is 14.4. The maximum atomic E-state index is 11.8. The highest BCUT2D eigenvalue weighted by Gasteiger charge is 2.32. The minimum Gasteiger partial charge on any atom is -0.494 e. The lowest BCUT2D eigenvalue weighted by molar-refractivity contribution is 0.0562. The van der Waals surface area contributed by atoms with Crippen LogP contribution in [0.15, 0.2) is 18.2 Å². The van der Waals surface area contributed by atoms with Crippen molar-refractivity contribution in [1.82, 2.24) is 9.80 Å². The van der Waals surface area contributed by atoms with Crippen molar-refractivity contribution in [2.45, 2.75) is 31.7 Å². The Balaban J connectivity index is 1.59. The topological polar surface area (TPSA) is 107 Å². The van der Waals surface area contributed by atoms with Crippen molar-refractivity contribution in [1.29, 1.82) is 0 Å². The number of rotatable bonds is 4. The molecule has 1 aliphatic carbocycles. The summed E-state index contributed by atoms with van der Waals surface area (Å²) in [6.45, 7) is 0.753. The van der Waals surface area contributed by atoms with Gasteiger partial charge in [-0.1, -0.05) is 0 Å². The van der Waals surface area contributed by atoms with E-state index in [4.69, 9.17) is 9.84 Å². The van der Waals surface area contributed by atoms with Gasteiger partial charge in [0.2, 0.25) is 0 Å². The fourth-order valence-corrected chi connectivity index (χ4v) is 3.55. The molecule has 0 aromatic heterocycles. The van der Waals surface area contributed by atoms with E-state index in [2.05, 4.69) is 0 Å². The summed E-state index contributed by atoms with van der Waals surface area (Å²) in [5.74, 6) is 0.803. The predicted octanol–water partition coefficient (Wildman–Crippen LogP) is 2.32. The van der Waals surface area contributed by atoms with Gasteiger partial charge in [0.05, 0.1) is 12.6 Å². The minimum absolute atomic E-state index is 0.143. The monoisotopic (exact) mass is 362 g/mol. The number of ether oxygens (including phenoxy) is 1. The lowest BCUT2D eigenvalue weighted by Gasteiger charge is -2.38. The molecule has 1 atom stereocenters. The predicted molar refractivity (Wildman–Crippen MR) is 91.9 cm³/mol. The molecule has 2 amide bonds. The molecule has 0 bridgehead atoms. The van der Waals surface area contributed by atoms with E-state index in [9.17, 15) is 19.5 Å². The summed E-state index contributed by atoms with van der Waals surface area (Å²) in [7, 11) is 0. The van der Waals surface area contributed by atoms with Gasteiger partial charge in [-0.05, 0) is 36.6 Å². The molecular formula is C18H22N2O6. The van der Waals surface area contributed by atoms with Gasteiger partial charge in [0.1, 0.15) is 5.75 Å². The number of carbonyl (C=O) groups excluding carboxylic acids is 1. The fraction of sp³-hybridized carbons (Fsp3) is 0.500. The van der Waals surface area contributed by atoms with Gasteiger partial charge in [0.25, 0.3) is 0 Å². The summed E-state index contributed by atoms with van der Waals surface area (Å²) >= 11 is 0. The quantitative estimate of drug-likeness (QED) is 0.851. The Morgan fingerprint density at radius 3 is 2.69 bits per heavy atom. The van der Waals surface area contributed by atoms with Crippen LogP contribution in [0.4, 0.5) is 9.59 Å². The van der Waals surface area contributed by atoms with E-state index >= 15 is 0 Å². The molecule has 8 nitrogen and oxygen atoms in total. The van der Waals surface area contributed by atoms with Crippen LogP contribution < -0.4 is 4.74 Å². The van der Waals surface area contributed by atoms with Gasteiger partial charge >= 0.3 is 12.2 Å². The summed E-state index contributed by atoms with van der Waals surface area (Å²) in [6, 6.07) is 4.96. The smallest absolute Gasteiger partial charge is 0.407 e. The van der Waals surface area contributed by atoms with Gasteiger partial charge in [-0.15, -0.1) is 0 Å². The van der Waals surface area contributed by atoms with Gasteiger partial charge in [0.15, 0.2) is 5.78 Å². The SMILES string of the molecule is O=C1CCCc2cc(OCC[C@@H]3CN(C(=O)O)CCN3C(=O)O)ccc21. The number of nitrogens with zero attached hydrogens (tertiary/aromatic N) is 2. The minimum atomic E-state index is -1.05. The number of hydrogen-bond donors (Lipinski definition) is 2. The Labute approximate surface area is 151 Å². The molecule has 0 radical (unpaired) electrons. The first-order valence-corrected chi connectivity index (χ1v) is 8.72.